The van der Waals surface area contributed by atoms with E-state index in [1.165, 1.54) is 45.6 Å². The number of hydrazine groups is 1. The zero-order chi connectivity index (χ0) is 33.4. The molecule has 10 heteroatoms. The number of carbonyl (C=O) groups is 2. The van der Waals surface area contributed by atoms with Crippen molar-refractivity contribution in [3.05, 3.63) is 165 Å². The summed E-state index contributed by atoms with van der Waals surface area (Å²) in [5.41, 5.74) is 6.87. The maximum atomic E-state index is 13.8. The van der Waals surface area contributed by atoms with Gasteiger partial charge in [-0.25, -0.2) is 14.4 Å². The minimum absolute atomic E-state index is 0.0520. The fourth-order valence-electron chi connectivity index (χ4n) is 5.47. The van der Waals surface area contributed by atoms with Crippen molar-refractivity contribution in [2.24, 2.45) is 0 Å². The third-order valence-corrected chi connectivity index (χ3v) is 9.17. The maximum Gasteiger partial charge on any atom is 0.280 e. The number of aromatic nitrogens is 2. The average molecular weight is 655 g/mol. The van der Waals surface area contributed by atoms with Crippen molar-refractivity contribution in [1.82, 2.24) is 20.0 Å². The molecular weight excluding hydrogens is 628 g/mol. The first-order chi connectivity index (χ1) is 23.2. The smallest absolute Gasteiger partial charge is 0.280 e. The number of para-hydroxylation sites is 1. The lowest BCUT2D eigenvalue weighted by Crippen LogP contribution is -2.44. The van der Waals surface area contributed by atoms with Gasteiger partial charge in [-0.2, -0.15) is 0 Å². The number of amides is 2. The van der Waals surface area contributed by atoms with Crippen LogP contribution in [0.1, 0.15) is 32.4 Å². The van der Waals surface area contributed by atoms with Crippen LogP contribution in [0.2, 0.25) is 0 Å². The van der Waals surface area contributed by atoms with Crippen molar-refractivity contribution in [3.8, 4) is 22.8 Å². The molecule has 0 aliphatic carbocycles. The quantitative estimate of drug-likeness (QED) is 0.185. The Morgan fingerprint density at radius 2 is 1.62 bits per heavy atom. The Morgan fingerprint density at radius 1 is 0.896 bits per heavy atom. The van der Waals surface area contributed by atoms with Gasteiger partial charge in [-0.15, -0.1) is 0 Å². The molecular formula is C38H27FN4O4S. The SMILES string of the molecule is Cc1ccc(-c2nc3ccccc3c(=O)n2-c2ccc(C(=O)NN3C(=O)/C(=C\c4cccc(O)c4)SC3c3ccc(F)cc3)cc2)cc1. The number of nitrogens with one attached hydrogen (secondary N) is 1. The molecule has 0 bridgehead atoms. The van der Waals surface area contributed by atoms with Crippen LogP contribution in [0, 0.1) is 12.7 Å². The van der Waals surface area contributed by atoms with Crippen molar-refractivity contribution in [2.45, 2.75) is 12.3 Å². The second kappa shape index (κ2) is 12.7. The summed E-state index contributed by atoms with van der Waals surface area (Å²) < 4.78 is 15.3. The standard InChI is InChI=1S/C38H27FN4O4S/c1-23-9-11-25(12-10-23)34-40-32-8-3-2-7-31(32)36(46)42(34)29-19-15-26(16-20-29)35(45)41-43-37(47)33(22-24-5-4-6-30(44)21-24)48-38(43)27-13-17-28(39)18-14-27/h2-22,38,44H,1H3,(H,41,45)/b33-22+. The molecule has 7 rings (SSSR count). The zero-order valence-corrected chi connectivity index (χ0v) is 26.3. The summed E-state index contributed by atoms with van der Waals surface area (Å²) in [4.78, 5) is 46.2. The highest BCUT2D eigenvalue weighted by Gasteiger charge is 2.38. The summed E-state index contributed by atoms with van der Waals surface area (Å²) in [6.45, 7) is 1.98. The summed E-state index contributed by atoms with van der Waals surface area (Å²) in [6, 6.07) is 33.5. The number of thioether (sulfide) groups is 1. The van der Waals surface area contributed by atoms with Gasteiger partial charge in [-0.1, -0.05) is 78.0 Å². The van der Waals surface area contributed by atoms with E-state index in [2.05, 4.69) is 5.43 Å². The van der Waals surface area contributed by atoms with Crippen LogP contribution >= 0.6 is 11.8 Å². The Bertz CT molecular complexity index is 2290. The molecule has 1 unspecified atom stereocenters. The van der Waals surface area contributed by atoms with E-state index in [-0.39, 0.29) is 16.9 Å². The molecule has 1 atom stereocenters. The highest BCUT2D eigenvalue weighted by Crippen LogP contribution is 2.45. The molecule has 6 aromatic rings. The first-order valence-corrected chi connectivity index (χ1v) is 15.9. The molecule has 0 spiro atoms. The minimum Gasteiger partial charge on any atom is -0.508 e. The molecule has 48 heavy (non-hydrogen) atoms. The number of hydrogen-bond acceptors (Lipinski definition) is 6. The summed E-state index contributed by atoms with van der Waals surface area (Å²) >= 11 is 1.20. The summed E-state index contributed by atoms with van der Waals surface area (Å²) in [5, 5.41) is 10.9. The summed E-state index contributed by atoms with van der Waals surface area (Å²) in [7, 11) is 0. The number of phenolic OH excluding ortho intramolecular Hbond substituents is 1. The molecule has 0 radical (unpaired) electrons. The lowest BCUT2D eigenvalue weighted by atomic mass is 10.1. The van der Waals surface area contributed by atoms with Gasteiger partial charge < -0.3 is 5.11 Å². The highest BCUT2D eigenvalue weighted by atomic mass is 32.2. The Kier molecular flexibility index (Phi) is 8.08. The van der Waals surface area contributed by atoms with E-state index in [0.29, 0.717) is 38.4 Å². The van der Waals surface area contributed by atoms with E-state index in [4.69, 9.17) is 4.98 Å². The molecule has 1 aliphatic rings. The van der Waals surface area contributed by atoms with Crippen molar-refractivity contribution < 1.29 is 19.1 Å². The Labute approximate surface area is 278 Å². The Morgan fingerprint density at radius 3 is 2.35 bits per heavy atom. The van der Waals surface area contributed by atoms with Crippen molar-refractivity contribution in [3.63, 3.8) is 0 Å². The molecule has 8 nitrogen and oxygen atoms in total. The number of fused-ring (bicyclic) bond motifs is 1. The first kappa shape index (κ1) is 30.6. The fraction of sp³-hybridized carbons (Fsp3) is 0.0526. The molecule has 2 N–H and O–H groups in total. The van der Waals surface area contributed by atoms with Crippen LogP contribution in [0.3, 0.4) is 0 Å². The van der Waals surface area contributed by atoms with E-state index in [9.17, 15) is 23.9 Å². The normalized spacial score (nSPS) is 15.3. The van der Waals surface area contributed by atoms with Crippen LogP contribution in [0.25, 0.3) is 34.1 Å². The van der Waals surface area contributed by atoms with Crippen LogP contribution in [-0.2, 0) is 4.79 Å². The van der Waals surface area contributed by atoms with E-state index >= 15 is 0 Å². The third-order valence-electron chi connectivity index (χ3n) is 7.92. The van der Waals surface area contributed by atoms with E-state index in [0.717, 1.165) is 11.1 Å². The van der Waals surface area contributed by atoms with Gasteiger partial charge in [0.1, 0.15) is 22.8 Å². The monoisotopic (exact) mass is 654 g/mol. The van der Waals surface area contributed by atoms with Crippen LogP contribution < -0.4 is 11.0 Å². The number of halogens is 1. The van der Waals surface area contributed by atoms with Crippen LogP contribution in [-0.4, -0.2) is 31.5 Å². The highest BCUT2D eigenvalue weighted by molar-refractivity contribution is 8.04. The first-order valence-electron chi connectivity index (χ1n) is 15.0. The van der Waals surface area contributed by atoms with Gasteiger partial charge in [0.25, 0.3) is 17.4 Å². The Hall–Kier alpha value is -6.00. The number of carbonyl (C=O) groups excluding carboxylic acids is 2. The van der Waals surface area contributed by atoms with Gasteiger partial charge in [0.05, 0.1) is 21.5 Å². The van der Waals surface area contributed by atoms with E-state index in [1.54, 1.807) is 72.8 Å². The number of phenols is 1. The number of rotatable bonds is 6. The molecule has 1 aromatic heterocycles. The van der Waals surface area contributed by atoms with E-state index in [1.807, 2.05) is 37.3 Å². The molecule has 5 aromatic carbocycles. The summed E-state index contributed by atoms with van der Waals surface area (Å²) in [6.07, 6.45) is 1.63. The average Bonchev–Trinajstić information content (AvgIpc) is 3.39. The molecule has 1 fully saturated rings. The molecule has 0 saturated carbocycles. The lowest BCUT2D eigenvalue weighted by Gasteiger charge is -2.24. The van der Waals surface area contributed by atoms with Gasteiger partial charge >= 0.3 is 0 Å². The number of hydrogen-bond donors (Lipinski definition) is 2. The van der Waals surface area contributed by atoms with Gasteiger partial charge in [-0.05, 0) is 84.8 Å². The largest absolute Gasteiger partial charge is 0.508 e. The number of aromatic hydroxyl groups is 1. The van der Waals surface area contributed by atoms with Crippen LogP contribution in [0.5, 0.6) is 5.75 Å². The minimum atomic E-state index is -0.677. The van der Waals surface area contributed by atoms with Crippen LogP contribution in [0.15, 0.2) is 131 Å². The van der Waals surface area contributed by atoms with Crippen molar-refractivity contribution >= 4 is 40.6 Å². The summed E-state index contributed by atoms with van der Waals surface area (Å²) in [5.74, 6) is -0.923. The number of benzene rings is 5. The molecule has 2 heterocycles. The van der Waals surface area contributed by atoms with Gasteiger partial charge in [0, 0.05) is 11.1 Å². The van der Waals surface area contributed by atoms with E-state index < -0.39 is 23.0 Å². The topological polar surface area (TPSA) is 105 Å². The third kappa shape index (κ3) is 5.96. The number of aryl methyl sites for hydroxylation is 1. The molecule has 236 valence electrons. The fourth-order valence-corrected chi connectivity index (χ4v) is 6.66. The second-order valence-corrected chi connectivity index (χ2v) is 12.4. The second-order valence-electron chi connectivity index (χ2n) is 11.2. The predicted octanol–water partition coefficient (Wildman–Crippen LogP) is 7.17. The van der Waals surface area contributed by atoms with Gasteiger partial charge in [0.2, 0.25) is 0 Å². The Balaban J connectivity index is 1.21. The predicted molar refractivity (Wildman–Crippen MR) is 185 cm³/mol. The van der Waals surface area contributed by atoms with Gasteiger partial charge in [-0.3, -0.25) is 24.4 Å². The van der Waals surface area contributed by atoms with Crippen LogP contribution in [0.4, 0.5) is 4.39 Å². The molecule has 1 saturated heterocycles. The van der Waals surface area contributed by atoms with Crippen molar-refractivity contribution in [2.75, 3.05) is 0 Å². The maximum absolute atomic E-state index is 13.8. The van der Waals surface area contributed by atoms with Crippen molar-refractivity contribution in [1.29, 1.82) is 0 Å². The lowest BCUT2D eigenvalue weighted by molar-refractivity contribution is -0.128. The molecule has 2 amide bonds. The van der Waals surface area contributed by atoms with Gasteiger partial charge in [0.15, 0.2) is 0 Å². The number of nitrogens with zero attached hydrogens (tertiary/aromatic N) is 3. The zero-order valence-electron chi connectivity index (χ0n) is 25.5. The molecule has 1 aliphatic heterocycles.